The van der Waals surface area contributed by atoms with Crippen LogP contribution in [0.25, 0.3) is 0 Å². The minimum absolute atomic E-state index is 0.00170. The van der Waals surface area contributed by atoms with Gasteiger partial charge in [-0.2, -0.15) is 0 Å². The summed E-state index contributed by atoms with van der Waals surface area (Å²) < 4.78 is 36.5. The molecule has 6 nitrogen and oxygen atoms in total. The van der Waals surface area contributed by atoms with Crippen LogP contribution < -0.4 is 4.72 Å². The molecular formula is C13H11Cl2NO5S. The van der Waals surface area contributed by atoms with Crippen molar-refractivity contribution in [3.63, 3.8) is 0 Å². The van der Waals surface area contributed by atoms with Crippen molar-refractivity contribution < 1.29 is 22.4 Å². The molecule has 1 aromatic heterocycles. The van der Waals surface area contributed by atoms with E-state index in [1.54, 1.807) is 12.1 Å². The molecule has 118 valence electrons. The molecule has 2 aromatic rings. The normalized spacial score (nSPS) is 11.4. The van der Waals surface area contributed by atoms with Crippen LogP contribution in [0.4, 0.5) is 0 Å². The van der Waals surface area contributed by atoms with E-state index < -0.39 is 16.0 Å². The highest BCUT2D eigenvalue weighted by Crippen LogP contribution is 2.29. The number of nitrogens with one attached hydrogen (secondary N) is 1. The lowest BCUT2D eigenvalue weighted by Crippen LogP contribution is -2.23. The Kier molecular flexibility index (Phi) is 5.12. The molecule has 1 N–H and O–H groups in total. The topological polar surface area (TPSA) is 85.6 Å². The van der Waals surface area contributed by atoms with Crippen LogP contribution in [0, 0.1) is 0 Å². The number of esters is 1. The summed E-state index contributed by atoms with van der Waals surface area (Å²) in [5.74, 6) is -0.328. The molecule has 0 atom stereocenters. The zero-order chi connectivity index (χ0) is 16.3. The number of carbonyl (C=O) groups excluding carboxylic acids is 1. The second kappa shape index (κ2) is 6.70. The van der Waals surface area contributed by atoms with E-state index in [0.29, 0.717) is 5.76 Å². The third-order valence-corrected chi connectivity index (χ3v) is 4.91. The predicted octanol–water partition coefficient (Wildman–Crippen LogP) is 2.85. The number of rotatable bonds is 5. The molecule has 0 aliphatic heterocycles. The minimum Gasteiger partial charge on any atom is -0.468 e. The first kappa shape index (κ1) is 16.8. The molecule has 0 aliphatic carbocycles. The second-order valence-electron chi connectivity index (χ2n) is 4.16. The Morgan fingerprint density at radius 2 is 2.05 bits per heavy atom. The number of methoxy groups -OCH3 is 1. The largest absolute Gasteiger partial charge is 0.468 e. The van der Waals surface area contributed by atoms with Crippen LogP contribution in [-0.4, -0.2) is 21.5 Å². The van der Waals surface area contributed by atoms with Gasteiger partial charge in [0.05, 0.1) is 35.5 Å². The third kappa shape index (κ3) is 3.61. The average molecular weight is 364 g/mol. The van der Waals surface area contributed by atoms with Gasteiger partial charge in [-0.05, 0) is 24.3 Å². The van der Waals surface area contributed by atoms with Crippen molar-refractivity contribution in [2.45, 2.75) is 11.4 Å². The number of halogens is 2. The van der Waals surface area contributed by atoms with Crippen LogP contribution >= 0.6 is 23.2 Å². The van der Waals surface area contributed by atoms with Crippen molar-refractivity contribution in [1.29, 1.82) is 0 Å². The van der Waals surface area contributed by atoms with Gasteiger partial charge in [0.25, 0.3) is 0 Å². The van der Waals surface area contributed by atoms with Gasteiger partial charge in [0.15, 0.2) is 0 Å². The van der Waals surface area contributed by atoms with Gasteiger partial charge >= 0.3 is 5.97 Å². The quantitative estimate of drug-likeness (QED) is 0.825. The molecule has 22 heavy (non-hydrogen) atoms. The van der Waals surface area contributed by atoms with Crippen LogP contribution in [0.5, 0.6) is 0 Å². The number of sulfonamides is 1. The summed E-state index contributed by atoms with van der Waals surface area (Å²) in [6.45, 7) is -0.0537. The number of hydrogen-bond donors (Lipinski definition) is 1. The number of hydrogen-bond acceptors (Lipinski definition) is 5. The van der Waals surface area contributed by atoms with E-state index in [-0.39, 0.29) is 27.0 Å². The monoisotopic (exact) mass is 363 g/mol. The molecule has 0 radical (unpaired) electrons. The summed E-state index contributed by atoms with van der Waals surface area (Å²) in [5, 5.41) is -0.105. The van der Waals surface area contributed by atoms with E-state index in [9.17, 15) is 13.2 Å². The molecule has 0 fully saturated rings. The average Bonchev–Trinajstić information content (AvgIpc) is 2.97. The van der Waals surface area contributed by atoms with E-state index >= 15 is 0 Å². The first-order valence-electron chi connectivity index (χ1n) is 5.94. The van der Waals surface area contributed by atoms with Gasteiger partial charge in [-0.3, -0.25) is 0 Å². The molecule has 0 unspecified atom stereocenters. The zero-order valence-electron chi connectivity index (χ0n) is 11.3. The second-order valence-corrected chi connectivity index (χ2v) is 6.71. The number of carbonyl (C=O) groups is 1. The number of furan rings is 1. The summed E-state index contributed by atoms with van der Waals surface area (Å²) in [5.41, 5.74) is -0.0908. The molecule has 0 spiro atoms. The van der Waals surface area contributed by atoms with Crippen molar-refractivity contribution in [1.82, 2.24) is 4.72 Å². The van der Waals surface area contributed by atoms with Crippen molar-refractivity contribution in [3.05, 3.63) is 51.9 Å². The maximum Gasteiger partial charge on any atom is 0.339 e. The minimum atomic E-state index is -3.96. The van der Waals surface area contributed by atoms with E-state index in [1.165, 1.54) is 12.3 Å². The molecule has 1 aromatic carbocycles. The van der Waals surface area contributed by atoms with E-state index in [4.69, 9.17) is 27.6 Å². The van der Waals surface area contributed by atoms with E-state index in [2.05, 4.69) is 9.46 Å². The van der Waals surface area contributed by atoms with Crippen molar-refractivity contribution in [2.24, 2.45) is 0 Å². The van der Waals surface area contributed by atoms with Crippen LogP contribution in [0.3, 0.4) is 0 Å². The standard InChI is InChI=1S/C13H11Cl2NO5S/c1-20-13(17)9-5-12(11(15)6-10(9)14)22(18,19)16-7-8-3-2-4-21-8/h2-6,16H,7H2,1H3. The van der Waals surface area contributed by atoms with E-state index in [1.807, 2.05) is 0 Å². The molecule has 2 rings (SSSR count). The Morgan fingerprint density at radius 3 is 2.64 bits per heavy atom. The fourth-order valence-corrected chi connectivity index (χ4v) is 3.50. The molecule has 0 amide bonds. The van der Waals surface area contributed by atoms with Crippen LogP contribution in [0.2, 0.25) is 10.0 Å². The Hall–Kier alpha value is -1.54. The SMILES string of the molecule is COC(=O)c1cc(S(=O)(=O)NCc2ccco2)c(Cl)cc1Cl. The molecule has 0 saturated heterocycles. The summed E-state index contributed by atoms with van der Waals surface area (Å²) >= 11 is 11.8. The highest BCUT2D eigenvalue weighted by molar-refractivity contribution is 7.89. The predicted molar refractivity (Wildman–Crippen MR) is 80.5 cm³/mol. The van der Waals surface area contributed by atoms with Gasteiger partial charge in [-0.25, -0.2) is 17.9 Å². The maximum absolute atomic E-state index is 12.3. The molecule has 9 heteroatoms. The Labute approximate surface area is 137 Å². The smallest absolute Gasteiger partial charge is 0.339 e. The Balaban J connectivity index is 2.35. The molecule has 1 heterocycles. The summed E-state index contributed by atoms with van der Waals surface area (Å²) in [6.07, 6.45) is 1.42. The molecule has 0 aliphatic rings. The lowest BCUT2D eigenvalue weighted by molar-refractivity contribution is 0.0600. The van der Waals surface area contributed by atoms with Gasteiger partial charge in [-0.15, -0.1) is 0 Å². The van der Waals surface area contributed by atoms with Crippen molar-refractivity contribution in [3.8, 4) is 0 Å². The summed E-state index contributed by atoms with van der Waals surface area (Å²) in [6, 6.07) is 5.50. The van der Waals surface area contributed by atoms with Crippen molar-refractivity contribution in [2.75, 3.05) is 7.11 Å². The highest BCUT2D eigenvalue weighted by atomic mass is 35.5. The lowest BCUT2D eigenvalue weighted by Gasteiger charge is -2.10. The fourth-order valence-electron chi connectivity index (χ4n) is 1.66. The van der Waals surface area contributed by atoms with Crippen LogP contribution in [0.15, 0.2) is 39.8 Å². The fraction of sp³-hybridized carbons (Fsp3) is 0.154. The molecule has 0 bridgehead atoms. The summed E-state index contributed by atoms with van der Waals surface area (Å²) in [4.78, 5) is 11.3. The maximum atomic E-state index is 12.3. The van der Waals surface area contributed by atoms with Gasteiger partial charge in [0, 0.05) is 0 Å². The highest BCUT2D eigenvalue weighted by Gasteiger charge is 2.23. The molecule has 0 saturated carbocycles. The van der Waals surface area contributed by atoms with E-state index in [0.717, 1.165) is 13.2 Å². The van der Waals surface area contributed by atoms with Crippen LogP contribution in [-0.2, 0) is 21.3 Å². The Morgan fingerprint density at radius 1 is 1.32 bits per heavy atom. The summed E-state index contributed by atoms with van der Waals surface area (Å²) in [7, 11) is -2.79. The lowest BCUT2D eigenvalue weighted by atomic mass is 10.2. The first-order chi connectivity index (χ1) is 10.3. The Bertz CT molecular complexity index is 787. The third-order valence-electron chi connectivity index (χ3n) is 2.73. The molecular weight excluding hydrogens is 353 g/mol. The number of benzene rings is 1. The van der Waals surface area contributed by atoms with Gasteiger partial charge in [0.1, 0.15) is 10.7 Å². The van der Waals surface area contributed by atoms with Crippen molar-refractivity contribution >= 4 is 39.2 Å². The first-order valence-corrected chi connectivity index (χ1v) is 8.18. The van der Waals surface area contributed by atoms with Gasteiger partial charge in [0.2, 0.25) is 10.0 Å². The van der Waals surface area contributed by atoms with Gasteiger partial charge < -0.3 is 9.15 Å². The number of ether oxygens (including phenoxy) is 1. The van der Waals surface area contributed by atoms with Crippen LogP contribution in [0.1, 0.15) is 16.1 Å². The van der Waals surface area contributed by atoms with Gasteiger partial charge in [-0.1, -0.05) is 23.2 Å². The zero-order valence-corrected chi connectivity index (χ0v) is 13.6.